The van der Waals surface area contributed by atoms with Gasteiger partial charge < -0.3 is 0 Å². The minimum absolute atomic E-state index is 0.144. The smallest absolute Gasteiger partial charge is 0.198 e. The van der Waals surface area contributed by atoms with Crippen LogP contribution in [0.1, 0.15) is 0 Å². The van der Waals surface area contributed by atoms with Crippen LogP contribution in [0.3, 0.4) is 0 Å². The van der Waals surface area contributed by atoms with Crippen LogP contribution >= 0.6 is 0 Å². The highest BCUT2D eigenvalue weighted by atomic mass is 19.2. The maximum absolute atomic E-state index is 13.2. The monoisotopic (exact) mass is 216 g/mol. The van der Waals surface area contributed by atoms with Crippen LogP contribution in [-0.4, -0.2) is 10.2 Å². The number of hydrogen-bond donors (Lipinski definition) is 1. The molecule has 0 saturated heterocycles. The van der Waals surface area contributed by atoms with Crippen LogP contribution in [0.4, 0.5) is 17.6 Å². The van der Waals surface area contributed by atoms with E-state index >= 15 is 0 Å². The summed E-state index contributed by atoms with van der Waals surface area (Å²) in [6.45, 7) is 0. The Morgan fingerprint density at radius 1 is 1.00 bits per heavy atom. The Bertz CT molecular complexity index is 493. The molecule has 0 aliphatic carbocycles. The topological polar surface area (TPSA) is 28.7 Å². The highest BCUT2D eigenvalue weighted by Crippen LogP contribution is 2.26. The van der Waals surface area contributed by atoms with Gasteiger partial charge >= 0.3 is 0 Å². The molecule has 1 aromatic carbocycles. The molecule has 0 bridgehead atoms. The number of aromatic nitrogens is 2. The molecule has 2 nitrogen and oxygen atoms in total. The molecule has 2 rings (SSSR count). The van der Waals surface area contributed by atoms with E-state index in [9.17, 15) is 17.6 Å². The molecule has 15 heavy (non-hydrogen) atoms. The van der Waals surface area contributed by atoms with Gasteiger partial charge in [0.15, 0.2) is 23.3 Å². The fraction of sp³-hybridized carbons (Fsp3) is 0. The minimum Gasteiger partial charge on any atom is -0.285 e. The van der Waals surface area contributed by atoms with E-state index in [1.165, 1.54) is 12.4 Å². The van der Waals surface area contributed by atoms with Crippen molar-refractivity contribution in [1.29, 1.82) is 0 Å². The zero-order valence-corrected chi connectivity index (χ0v) is 7.19. The quantitative estimate of drug-likeness (QED) is 0.443. The number of hydrogen-bond acceptors (Lipinski definition) is 1. The molecule has 0 fully saturated rings. The van der Waals surface area contributed by atoms with Crippen LogP contribution in [0.2, 0.25) is 0 Å². The summed E-state index contributed by atoms with van der Waals surface area (Å²) in [5.74, 6) is -6.52. The van der Waals surface area contributed by atoms with Crippen molar-refractivity contribution >= 4 is 0 Å². The molecule has 1 heterocycles. The van der Waals surface area contributed by atoms with Crippen molar-refractivity contribution in [2.45, 2.75) is 0 Å². The predicted octanol–water partition coefficient (Wildman–Crippen LogP) is 2.63. The molecule has 0 saturated carbocycles. The Labute approximate surface area is 81.5 Å². The Hall–Kier alpha value is -1.85. The summed E-state index contributed by atoms with van der Waals surface area (Å²) >= 11 is 0. The maximum atomic E-state index is 13.2. The van der Waals surface area contributed by atoms with Crippen LogP contribution in [0.25, 0.3) is 11.1 Å². The lowest BCUT2D eigenvalue weighted by Crippen LogP contribution is -1.97. The fourth-order valence-corrected chi connectivity index (χ4v) is 1.18. The van der Waals surface area contributed by atoms with Gasteiger partial charge in [0.1, 0.15) is 0 Å². The van der Waals surface area contributed by atoms with Crippen molar-refractivity contribution in [3.63, 3.8) is 0 Å². The standard InChI is InChI=1S/C9H4F4N2/c10-6-1-5(4-2-14-15-3-4)7(11)9(13)8(6)12/h1-3H,(H,14,15). The molecule has 2 aromatic rings. The van der Waals surface area contributed by atoms with Crippen LogP contribution < -0.4 is 0 Å². The zero-order valence-electron chi connectivity index (χ0n) is 7.19. The third-order valence-corrected chi connectivity index (χ3v) is 1.91. The van der Waals surface area contributed by atoms with Crippen LogP contribution in [0.5, 0.6) is 0 Å². The van der Waals surface area contributed by atoms with E-state index in [0.29, 0.717) is 6.07 Å². The van der Waals surface area contributed by atoms with Gasteiger partial charge in [-0.2, -0.15) is 5.10 Å². The van der Waals surface area contributed by atoms with Gasteiger partial charge in [0.05, 0.1) is 6.20 Å². The lowest BCUT2D eigenvalue weighted by Gasteiger charge is -2.02. The Morgan fingerprint density at radius 2 is 1.73 bits per heavy atom. The molecule has 0 spiro atoms. The molecule has 0 amide bonds. The fourth-order valence-electron chi connectivity index (χ4n) is 1.18. The van der Waals surface area contributed by atoms with E-state index in [1.807, 2.05) is 0 Å². The Balaban J connectivity index is 2.69. The average molecular weight is 216 g/mol. The number of H-pyrrole nitrogens is 1. The second kappa shape index (κ2) is 3.38. The van der Waals surface area contributed by atoms with Crippen LogP contribution in [-0.2, 0) is 0 Å². The van der Waals surface area contributed by atoms with Gasteiger partial charge in [0, 0.05) is 17.3 Å². The summed E-state index contributed by atoms with van der Waals surface area (Å²) in [4.78, 5) is 0. The summed E-state index contributed by atoms with van der Waals surface area (Å²) < 4.78 is 51.4. The van der Waals surface area contributed by atoms with Crippen LogP contribution in [0, 0.1) is 23.3 Å². The van der Waals surface area contributed by atoms with Gasteiger partial charge in [-0.3, -0.25) is 5.10 Å². The Kier molecular flexibility index (Phi) is 2.18. The normalized spacial score (nSPS) is 10.7. The first kappa shape index (κ1) is 9.70. The van der Waals surface area contributed by atoms with Gasteiger partial charge in [-0.05, 0) is 6.07 Å². The lowest BCUT2D eigenvalue weighted by molar-refractivity contribution is 0.411. The first-order valence-electron chi connectivity index (χ1n) is 3.93. The molecule has 78 valence electrons. The van der Waals surface area contributed by atoms with E-state index in [4.69, 9.17) is 0 Å². The molecule has 1 N–H and O–H groups in total. The van der Waals surface area contributed by atoms with Crippen LogP contribution in [0.15, 0.2) is 18.5 Å². The summed E-state index contributed by atoms with van der Waals surface area (Å²) in [6.07, 6.45) is 2.42. The summed E-state index contributed by atoms with van der Waals surface area (Å²) in [7, 11) is 0. The van der Waals surface area contributed by atoms with E-state index < -0.39 is 23.3 Å². The lowest BCUT2D eigenvalue weighted by atomic mass is 10.1. The number of nitrogens with one attached hydrogen (secondary N) is 1. The van der Waals surface area contributed by atoms with Gasteiger partial charge in [0.25, 0.3) is 0 Å². The van der Waals surface area contributed by atoms with Crippen molar-refractivity contribution < 1.29 is 17.6 Å². The maximum Gasteiger partial charge on any atom is 0.198 e. The molecule has 0 radical (unpaired) electrons. The average Bonchev–Trinajstić information content (AvgIpc) is 2.73. The van der Waals surface area contributed by atoms with Crippen molar-refractivity contribution in [3.8, 4) is 11.1 Å². The molecule has 0 unspecified atom stereocenters. The molecular formula is C9H4F4N2. The van der Waals surface area contributed by atoms with Gasteiger partial charge in [0.2, 0.25) is 0 Å². The third-order valence-electron chi connectivity index (χ3n) is 1.91. The Morgan fingerprint density at radius 3 is 2.33 bits per heavy atom. The minimum atomic E-state index is -1.83. The highest BCUT2D eigenvalue weighted by molar-refractivity contribution is 5.62. The largest absolute Gasteiger partial charge is 0.285 e. The van der Waals surface area contributed by atoms with E-state index in [2.05, 4.69) is 10.2 Å². The summed E-state index contributed by atoms with van der Waals surface area (Å²) in [5.41, 5.74) is -0.231. The van der Waals surface area contributed by atoms with Gasteiger partial charge in [-0.15, -0.1) is 0 Å². The van der Waals surface area contributed by atoms with Crippen molar-refractivity contribution in [3.05, 3.63) is 41.7 Å². The number of rotatable bonds is 1. The highest BCUT2D eigenvalue weighted by Gasteiger charge is 2.19. The first-order valence-corrected chi connectivity index (χ1v) is 3.93. The zero-order chi connectivity index (χ0) is 11.0. The molecule has 6 heteroatoms. The molecule has 1 aromatic heterocycles. The SMILES string of the molecule is Fc1cc(-c2cn[nH]c2)c(F)c(F)c1F. The van der Waals surface area contributed by atoms with E-state index in [1.54, 1.807) is 0 Å². The van der Waals surface area contributed by atoms with E-state index in [0.717, 1.165) is 0 Å². The second-order valence-corrected chi connectivity index (χ2v) is 2.83. The molecular weight excluding hydrogens is 212 g/mol. The van der Waals surface area contributed by atoms with Crippen molar-refractivity contribution in [1.82, 2.24) is 10.2 Å². The predicted molar refractivity (Wildman–Crippen MR) is 43.9 cm³/mol. The third kappa shape index (κ3) is 1.47. The number of benzene rings is 1. The van der Waals surface area contributed by atoms with Crippen molar-refractivity contribution in [2.75, 3.05) is 0 Å². The van der Waals surface area contributed by atoms with Gasteiger partial charge in [-0.25, -0.2) is 17.6 Å². The summed E-state index contributed by atoms with van der Waals surface area (Å²) in [5, 5.41) is 5.84. The summed E-state index contributed by atoms with van der Waals surface area (Å²) in [6, 6.07) is 0.582. The number of aromatic amines is 1. The van der Waals surface area contributed by atoms with Crippen molar-refractivity contribution in [2.24, 2.45) is 0 Å². The number of halogens is 4. The molecule has 0 aliphatic rings. The van der Waals surface area contributed by atoms with E-state index in [-0.39, 0.29) is 11.1 Å². The first-order chi connectivity index (χ1) is 7.11. The molecule has 0 aliphatic heterocycles. The van der Waals surface area contributed by atoms with Gasteiger partial charge in [-0.1, -0.05) is 0 Å². The molecule has 0 atom stereocenters. The second-order valence-electron chi connectivity index (χ2n) is 2.83. The number of nitrogens with zero attached hydrogens (tertiary/aromatic N) is 1.